The Balaban J connectivity index is 2.93. The molecule has 0 spiro atoms. The molecular weight excluding hydrogens is 235 g/mol. The summed E-state index contributed by atoms with van der Waals surface area (Å²) in [6.45, 7) is 0.615. The number of aryl methyl sites for hydroxylation is 1. The molecule has 0 amide bonds. The van der Waals surface area contributed by atoms with Gasteiger partial charge in [-0.15, -0.1) is 0 Å². The summed E-state index contributed by atoms with van der Waals surface area (Å²) in [5.41, 5.74) is 1.03. The zero-order valence-electron chi connectivity index (χ0n) is 9.81. The molecular formula is C11H14F3NO2. The fraction of sp³-hybridized carbons (Fsp3) is 0.455. The van der Waals surface area contributed by atoms with Crippen LogP contribution in [0.25, 0.3) is 0 Å². The first kappa shape index (κ1) is 13.5. The maximum absolute atomic E-state index is 12.1. The number of alkyl halides is 3. The molecule has 0 atom stereocenters. The van der Waals surface area contributed by atoms with E-state index in [9.17, 15) is 13.2 Å². The number of hydrogen-bond donors (Lipinski definition) is 1. The first-order chi connectivity index (χ1) is 7.87. The van der Waals surface area contributed by atoms with E-state index < -0.39 is 12.7 Å². The standard InChI is InChI=1S/C11H14F3NO2/c1-7-4-9(16-2)10(17-3)5-8(7)15-6-11(12,13)14/h4-5,15H,6H2,1-3H3. The molecule has 1 N–H and O–H groups in total. The number of ether oxygens (including phenoxy) is 2. The molecule has 0 saturated heterocycles. The lowest BCUT2D eigenvalue weighted by Crippen LogP contribution is -2.21. The average molecular weight is 249 g/mol. The van der Waals surface area contributed by atoms with Gasteiger partial charge in [0.25, 0.3) is 0 Å². The van der Waals surface area contributed by atoms with Gasteiger partial charge in [0.15, 0.2) is 11.5 Å². The summed E-state index contributed by atoms with van der Waals surface area (Å²) in [6, 6.07) is 3.11. The van der Waals surface area contributed by atoms with Gasteiger partial charge in [-0.1, -0.05) is 0 Å². The molecule has 0 aromatic heterocycles. The molecule has 0 radical (unpaired) electrons. The van der Waals surface area contributed by atoms with Crippen LogP contribution in [0.3, 0.4) is 0 Å². The van der Waals surface area contributed by atoms with Gasteiger partial charge in [-0.3, -0.25) is 0 Å². The van der Waals surface area contributed by atoms with E-state index in [1.165, 1.54) is 20.3 Å². The minimum Gasteiger partial charge on any atom is -0.493 e. The summed E-state index contributed by atoms with van der Waals surface area (Å²) in [5.74, 6) is 0.880. The second-order valence-electron chi connectivity index (χ2n) is 3.49. The Morgan fingerprint density at radius 3 is 2.12 bits per heavy atom. The van der Waals surface area contributed by atoms with Crippen LogP contribution in [-0.4, -0.2) is 26.9 Å². The summed E-state index contributed by atoms with van der Waals surface area (Å²) < 4.78 is 46.3. The van der Waals surface area contributed by atoms with Gasteiger partial charge in [0.05, 0.1) is 14.2 Å². The summed E-state index contributed by atoms with van der Waals surface area (Å²) in [7, 11) is 2.90. The number of nitrogens with one attached hydrogen (secondary N) is 1. The Kier molecular flexibility index (Phi) is 4.09. The van der Waals surface area contributed by atoms with Crippen LogP contribution in [0.5, 0.6) is 11.5 Å². The molecule has 1 aromatic carbocycles. The maximum Gasteiger partial charge on any atom is 0.405 e. The molecule has 6 heteroatoms. The number of methoxy groups -OCH3 is 2. The van der Waals surface area contributed by atoms with Crippen molar-refractivity contribution in [1.82, 2.24) is 0 Å². The molecule has 0 fully saturated rings. The van der Waals surface area contributed by atoms with Crippen LogP contribution in [0.4, 0.5) is 18.9 Å². The Labute approximate surface area is 97.5 Å². The summed E-state index contributed by atoms with van der Waals surface area (Å²) in [5, 5.41) is 2.32. The van der Waals surface area contributed by atoms with E-state index in [2.05, 4.69) is 5.32 Å². The van der Waals surface area contributed by atoms with E-state index in [0.717, 1.165) is 0 Å². The lowest BCUT2D eigenvalue weighted by Gasteiger charge is -2.15. The normalized spacial score (nSPS) is 11.2. The number of halogens is 3. The zero-order valence-corrected chi connectivity index (χ0v) is 9.81. The van der Waals surface area contributed by atoms with Crippen LogP contribution < -0.4 is 14.8 Å². The highest BCUT2D eigenvalue weighted by Crippen LogP contribution is 2.33. The van der Waals surface area contributed by atoms with E-state index in [4.69, 9.17) is 9.47 Å². The van der Waals surface area contributed by atoms with E-state index >= 15 is 0 Å². The lowest BCUT2D eigenvalue weighted by atomic mass is 10.1. The number of anilines is 1. The largest absolute Gasteiger partial charge is 0.493 e. The second-order valence-corrected chi connectivity index (χ2v) is 3.49. The third-order valence-electron chi connectivity index (χ3n) is 2.21. The van der Waals surface area contributed by atoms with Crippen LogP contribution in [-0.2, 0) is 0 Å². The van der Waals surface area contributed by atoms with Crippen LogP contribution in [0.2, 0.25) is 0 Å². The van der Waals surface area contributed by atoms with Gasteiger partial charge < -0.3 is 14.8 Å². The van der Waals surface area contributed by atoms with Crippen molar-refractivity contribution in [3.63, 3.8) is 0 Å². The smallest absolute Gasteiger partial charge is 0.405 e. The molecule has 0 saturated carbocycles. The highest BCUT2D eigenvalue weighted by Gasteiger charge is 2.27. The molecule has 0 bridgehead atoms. The van der Waals surface area contributed by atoms with E-state index in [0.29, 0.717) is 22.7 Å². The van der Waals surface area contributed by atoms with Crippen molar-refractivity contribution in [1.29, 1.82) is 0 Å². The minimum absolute atomic E-state index is 0.375. The van der Waals surface area contributed by atoms with Crippen molar-refractivity contribution in [2.75, 3.05) is 26.1 Å². The monoisotopic (exact) mass is 249 g/mol. The molecule has 0 heterocycles. The predicted molar refractivity (Wildman–Crippen MR) is 58.8 cm³/mol. The van der Waals surface area contributed by atoms with Gasteiger partial charge in [-0.25, -0.2) is 0 Å². The number of hydrogen-bond acceptors (Lipinski definition) is 3. The van der Waals surface area contributed by atoms with Gasteiger partial charge in [-0.2, -0.15) is 13.2 Å². The molecule has 3 nitrogen and oxygen atoms in total. The Bertz CT molecular complexity index is 391. The van der Waals surface area contributed by atoms with Crippen molar-refractivity contribution in [2.24, 2.45) is 0 Å². The number of rotatable bonds is 4. The van der Waals surface area contributed by atoms with Crippen molar-refractivity contribution in [3.05, 3.63) is 17.7 Å². The van der Waals surface area contributed by atoms with E-state index in [1.54, 1.807) is 13.0 Å². The third kappa shape index (κ3) is 3.72. The van der Waals surface area contributed by atoms with Gasteiger partial charge >= 0.3 is 6.18 Å². The van der Waals surface area contributed by atoms with Gasteiger partial charge in [0.1, 0.15) is 6.54 Å². The minimum atomic E-state index is -4.25. The van der Waals surface area contributed by atoms with E-state index in [1.807, 2.05) is 0 Å². The molecule has 0 aliphatic rings. The maximum atomic E-state index is 12.1. The van der Waals surface area contributed by atoms with E-state index in [-0.39, 0.29) is 0 Å². The number of benzene rings is 1. The zero-order chi connectivity index (χ0) is 13.1. The fourth-order valence-electron chi connectivity index (χ4n) is 1.37. The van der Waals surface area contributed by atoms with Gasteiger partial charge in [0.2, 0.25) is 0 Å². The van der Waals surface area contributed by atoms with Crippen molar-refractivity contribution < 1.29 is 22.6 Å². The Morgan fingerprint density at radius 1 is 1.12 bits per heavy atom. The molecule has 17 heavy (non-hydrogen) atoms. The van der Waals surface area contributed by atoms with Crippen molar-refractivity contribution in [3.8, 4) is 11.5 Å². The summed E-state index contributed by atoms with van der Waals surface area (Å²) in [4.78, 5) is 0. The molecule has 0 aliphatic carbocycles. The van der Waals surface area contributed by atoms with Gasteiger partial charge in [0, 0.05) is 11.8 Å². The summed E-state index contributed by atoms with van der Waals surface area (Å²) in [6.07, 6.45) is -4.25. The van der Waals surface area contributed by atoms with Crippen LogP contribution >= 0.6 is 0 Å². The van der Waals surface area contributed by atoms with Crippen LogP contribution in [0, 0.1) is 6.92 Å². The third-order valence-corrected chi connectivity index (χ3v) is 2.21. The molecule has 96 valence electrons. The highest BCUT2D eigenvalue weighted by molar-refractivity contribution is 5.60. The molecule has 0 unspecified atom stereocenters. The molecule has 1 aromatic rings. The second kappa shape index (κ2) is 5.16. The van der Waals surface area contributed by atoms with Crippen molar-refractivity contribution in [2.45, 2.75) is 13.1 Å². The van der Waals surface area contributed by atoms with Crippen LogP contribution in [0.15, 0.2) is 12.1 Å². The molecule has 0 aliphatic heterocycles. The molecule has 1 rings (SSSR count). The fourth-order valence-corrected chi connectivity index (χ4v) is 1.37. The highest BCUT2D eigenvalue weighted by atomic mass is 19.4. The van der Waals surface area contributed by atoms with Gasteiger partial charge in [-0.05, 0) is 18.6 Å². The first-order valence-electron chi connectivity index (χ1n) is 4.90. The van der Waals surface area contributed by atoms with Crippen LogP contribution in [0.1, 0.15) is 5.56 Å². The topological polar surface area (TPSA) is 30.5 Å². The first-order valence-corrected chi connectivity index (χ1v) is 4.90. The lowest BCUT2D eigenvalue weighted by molar-refractivity contribution is -0.115. The van der Waals surface area contributed by atoms with Crippen molar-refractivity contribution >= 4 is 5.69 Å². The average Bonchev–Trinajstić information content (AvgIpc) is 2.25. The Morgan fingerprint density at radius 2 is 1.65 bits per heavy atom. The predicted octanol–water partition coefficient (Wildman–Crippen LogP) is 2.99. The Hall–Kier alpha value is -1.59. The SMILES string of the molecule is COc1cc(C)c(NCC(F)(F)F)cc1OC. The quantitative estimate of drug-likeness (QED) is 0.889. The summed E-state index contributed by atoms with van der Waals surface area (Å²) >= 11 is 0.